The molecule has 4 rings (SSSR count). The van der Waals surface area contributed by atoms with E-state index in [0.29, 0.717) is 28.3 Å². The minimum Gasteiger partial charge on any atom is -0.507 e. The molecule has 1 amide bonds. The van der Waals surface area contributed by atoms with Crippen LogP contribution in [0.15, 0.2) is 78.4 Å². The van der Waals surface area contributed by atoms with Crippen molar-refractivity contribution in [3.05, 3.63) is 95.1 Å². The van der Waals surface area contributed by atoms with E-state index in [2.05, 4.69) is 0 Å². The van der Waals surface area contributed by atoms with E-state index in [-0.39, 0.29) is 11.3 Å². The zero-order chi connectivity index (χ0) is 23.5. The summed E-state index contributed by atoms with van der Waals surface area (Å²) in [5.74, 6) is -0.705. The van der Waals surface area contributed by atoms with Crippen LogP contribution >= 0.6 is 0 Å². The van der Waals surface area contributed by atoms with Crippen molar-refractivity contribution in [2.24, 2.45) is 0 Å². The summed E-state index contributed by atoms with van der Waals surface area (Å²) in [6.45, 7) is 2.04. The molecule has 0 saturated carbocycles. The molecule has 6 nitrogen and oxygen atoms in total. The summed E-state index contributed by atoms with van der Waals surface area (Å²) < 4.78 is 11.0. The SMILES string of the molecule is CCc1ccc(N2C(=O)C(=O)/C(=C(/O)c3ccccc3)C2c2cc(OC)ccc2OC)cc1. The van der Waals surface area contributed by atoms with Crippen LogP contribution in [0.25, 0.3) is 5.76 Å². The van der Waals surface area contributed by atoms with E-state index in [9.17, 15) is 14.7 Å². The smallest absolute Gasteiger partial charge is 0.300 e. The first-order valence-electron chi connectivity index (χ1n) is 10.7. The molecular weight excluding hydrogens is 418 g/mol. The van der Waals surface area contributed by atoms with Gasteiger partial charge in [-0.15, -0.1) is 0 Å². The molecule has 168 valence electrons. The number of aryl methyl sites for hydroxylation is 1. The number of benzene rings is 3. The number of methoxy groups -OCH3 is 2. The van der Waals surface area contributed by atoms with E-state index in [0.717, 1.165) is 12.0 Å². The molecule has 6 heteroatoms. The van der Waals surface area contributed by atoms with Crippen molar-refractivity contribution < 1.29 is 24.2 Å². The van der Waals surface area contributed by atoms with E-state index in [1.165, 1.54) is 19.1 Å². The molecule has 3 aromatic carbocycles. The van der Waals surface area contributed by atoms with Gasteiger partial charge in [-0.2, -0.15) is 0 Å². The molecule has 1 aliphatic heterocycles. The zero-order valence-corrected chi connectivity index (χ0v) is 18.7. The number of hydrogen-bond acceptors (Lipinski definition) is 5. The molecule has 1 fully saturated rings. The highest BCUT2D eigenvalue weighted by molar-refractivity contribution is 6.51. The van der Waals surface area contributed by atoms with Crippen LogP contribution in [0.5, 0.6) is 11.5 Å². The average Bonchev–Trinajstić information content (AvgIpc) is 3.13. The summed E-state index contributed by atoms with van der Waals surface area (Å²) in [6.07, 6.45) is 0.847. The number of hydrogen-bond donors (Lipinski definition) is 1. The number of aliphatic hydroxyl groups excluding tert-OH is 1. The summed E-state index contributed by atoms with van der Waals surface area (Å²) in [5, 5.41) is 11.2. The predicted octanol–water partition coefficient (Wildman–Crippen LogP) is 4.89. The maximum atomic E-state index is 13.3. The lowest BCUT2D eigenvalue weighted by Gasteiger charge is -2.27. The maximum absolute atomic E-state index is 13.3. The van der Waals surface area contributed by atoms with Crippen LogP contribution in [0.1, 0.15) is 29.7 Å². The minimum absolute atomic E-state index is 0.00248. The third-order valence-electron chi connectivity index (χ3n) is 5.85. The average molecular weight is 443 g/mol. The predicted molar refractivity (Wildman–Crippen MR) is 127 cm³/mol. The number of Topliss-reactive ketones (excluding diaryl/α,β-unsaturated/α-hetero) is 1. The second-order valence-corrected chi connectivity index (χ2v) is 7.66. The van der Waals surface area contributed by atoms with Crippen molar-refractivity contribution in [2.45, 2.75) is 19.4 Å². The highest BCUT2D eigenvalue weighted by Crippen LogP contribution is 2.45. The van der Waals surface area contributed by atoms with E-state index in [1.807, 2.05) is 37.3 Å². The fourth-order valence-electron chi connectivity index (χ4n) is 4.09. The van der Waals surface area contributed by atoms with Crippen LogP contribution < -0.4 is 14.4 Å². The van der Waals surface area contributed by atoms with Crippen molar-refractivity contribution in [1.29, 1.82) is 0 Å². The number of nitrogens with zero attached hydrogens (tertiary/aromatic N) is 1. The summed E-state index contributed by atoms with van der Waals surface area (Å²) >= 11 is 0. The molecular formula is C27H25NO5. The van der Waals surface area contributed by atoms with Crippen LogP contribution in [-0.2, 0) is 16.0 Å². The van der Waals surface area contributed by atoms with Gasteiger partial charge in [-0.25, -0.2) is 0 Å². The Kier molecular flexibility index (Phi) is 6.18. The van der Waals surface area contributed by atoms with Crippen LogP contribution in [0.2, 0.25) is 0 Å². The Morgan fingerprint density at radius 1 is 0.939 bits per heavy atom. The van der Waals surface area contributed by atoms with Gasteiger partial charge in [0.25, 0.3) is 11.7 Å². The lowest BCUT2D eigenvalue weighted by molar-refractivity contribution is -0.132. The van der Waals surface area contributed by atoms with Crippen LogP contribution in [0, 0.1) is 0 Å². The Hall–Kier alpha value is -4.06. The normalized spacial score (nSPS) is 17.3. The Labute approximate surface area is 192 Å². The van der Waals surface area contributed by atoms with Gasteiger partial charge < -0.3 is 14.6 Å². The van der Waals surface area contributed by atoms with E-state index < -0.39 is 17.7 Å². The second kappa shape index (κ2) is 9.20. The lowest BCUT2D eigenvalue weighted by atomic mass is 9.94. The number of carbonyl (C=O) groups excluding carboxylic acids is 2. The van der Waals surface area contributed by atoms with Crippen molar-refractivity contribution in [2.75, 3.05) is 19.1 Å². The first-order valence-corrected chi connectivity index (χ1v) is 10.7. The van der Waals surface area contributed by atoms with Gasteiger partial charge >= 0.3 is 0 Å². The summed E-state index contributed by atoms with van der Waals surface area (Å²) in [5.41, 5.74) is 2.64. The first kappa shape index (κ1) is 22.1. The molecule has 33 heavy (non-hydrogen) atoms. The fraction of sp³-hybridized carbons (Fsp3) is 0.185. The topological polar surface area (TPSA) is 76.1 Å². The number of ketones is 1. The van der Waals surface area contributed by atoms with E-state index >= 15 is 0 Å². The maximum Gasteiger partial charge on any atom is 0.300 e. The van der Waals surface area contributed by atoms with Crippen molar-refractivity contribution in [3.63, 3.8) is 0 Å². The van der Waals surface area contributed by atoms with E-state index in [4.69, 9.17) is 9.47 Å². The molecule has 3 aromatic rings. The Morgan fingerprint density at radius 2 is 1.64 bits per heavy atom. The van der Waals surface area contributed by atoms with Crippen molar-refractivity contribution in [1.82, 2.24) is 0 Å². The number of aliphatic hydroxyl groups is 1. The quantitative estimate of drug-likeness (QED) is 0.333. The second-order valence-electron chi connectivity index (χ2n) is 7.66. The van der Waals surface area contributed by atoms with Crippen LogP contribution in [0.4, 0.5) is 5.69 Å². The van der Waals surface area contributed by atoms with Gasteiger partial charge in [-0.05, 0) is 42.3 Å². The molecule has 1 heterocycles. The van der Waals surface area contributed by atoms with Crippen molar-refractivity contribution in [3.8, 4) is 11.5 Å². The fourth-order valence-corrected chi connectivity index (χ4v) is 4.09. The van der Waals surface area contributed by atoms with Gasteiger partial charge in [0.1, 0.15) is 17.3 Å². The molecule has 0 aliphatic carbocycles. The van der Waals surface area contributed by atoms with Crippen LogP contribution in [-0.4, -0.2) is 31.0 Å². The molecule has 0 spiro atoms. The number of carbonyl (C=O) groups is 2. The van der Waals surface area contributed by atoms with E-state index in [1.54, 1.807) is 42.5 Å². The molecule has 0 bridgehead atoms. The largest absolute Gasteiger partial charge is 0.507 e. The molecule has 0 radical (unpaired) electrons. The standard InChI is InChI=1S/C27H25NO5/c1-4-17-10-12-19(13-11-17)28-24(21-16-20(32-2)14-15-22(21)33-3)23(26(30)27(28)31)25(29)18-8-6-5-7-9-18/h5-16,24,29H,4H2,1-3H3/b25-23+. The van der Waals surface area contributed by atoms with Gasteiger partial charge in [-0.3, -0.25) is 14.5 Å². The Morgan fingerprint density at radius 3 is 2.24 bits per heavy atom. The van der Waals surface area contributed by atoms with Gasteiger partial charge in [0, 0.05) is 16.8 Å². The van der Waals surface area contributed by atoms with Crippen LogP contribution in [0.3, 0.4) is 0 Å². The third kappa shape index (κ3) is 3.96. The molecule has 1 aliphatic rings. The monoisotopic (exact) mass is 443 g/mol. The number of anilines is 1. The molecule has 1 saturated heterocycles. The minimum atomic E-state index is -0.900. The van der Waals surface area contributed by atoms with Crippen molar-refractivity contribution >= 4 is 23.1 Å². The summed E-state index contributed by atoms with van der Waals surface area (Å²) in [6, 6.07) is 20.5. The van der Waals surface area contributed by atoms with Gasteiger partial charge in [0.15, 0.2) is 0 Å². The first-order chi connectivity index (χ1) is 16.0. The number of ether oxygens (including phenoxy) is 2. The number of rotatable bonds is 6. The Balaban J connectivity index is 1.99. The van der Waals surface area contributed by atoms with Gasteiger partial charge in [-0.1, -0.05) is 49.4 Å². The highest BCUT2D eigenvalue weighted by atomic mass is 16.5. The highest BCUT2D eigenvalue weighted by Gasteiger charge is 2.48. The summed E-state index contributed by atoms with van der Waals surface area (Å²) in [7, 11) is 3.06. The molecule has 1 atom stereocenters. The van der Waals surface area contributed by atoms with Gasteiger partial charge in [0.2, 0.25) is 0 Å². The third-order valence-corrected chi connectivity index (χ3v) is 5.85. The summed E-state index contributed by atoms with van der Waals surface area (Å²) in [4.78, 5) is 28.0. The zero-order valence-electron chi connectivity index (χ0n) is 18.7. The van der Waals surface area contributed by atoms with Gasteiger partial charge in [0.05, 0.1) is 25.8 Å². The molecule has 0 aromatic heterocycles. The molecule has 1 N–H and O–H groups in total. The number of amides is 1. The molecule has 1 unspecified atom stereocenters. The Bertz CT molecular complexity index is 1220. The lowest BCUT2D eigenvalue weighted by Crippen LogP contribution is -2.29.